The Morgan fingerprint density at radius 3 is 2.33 bits per heavy atom. The van der Waals surface area contributed by atoms with Crippen LogP contribution in [-0.2, 0) is 33.1 Å². The van der Waals surface area contributed by atoms with Crippen molar-refractivity contribution >= 4 is 0 Å². The Balaban J connectivity index is 1.77. The zero-order valence-corrected chi connectivity index (χ0v) is 19.2. The van der Waals surface area contributed by atoms with Crippen molar-refractivity contribution in [1.82, 2.24) is 10.3 Å². The Bertz CT molecular complexity index is 911. The summed E-state index contributed by atoms with van der Waals surface area (Å²) in [5, 5.41) is 17.7. The Morgan fingerprint density at radius 2 is 1.70 bits per heavy atom. The molecule has 1 aliphatic rings. The maximum absolute atomic E-state index is 9.15. The molecule has 164 valence electrons. The molecule has 2 aromatic heterocycles. The molecular weight excluding hydrogens is 382 g/mol. The molecule has 30 heavy (non-hydrogen) atoms. The van der Waals surface area contributed by atoms with E-state index in [0.717, 1.165) is 22.7 Å². The number of nitriles is 1. The van der Waals surface area contributed by atoms with Crippen LogP contribution in [0.25, 0.3) is 0 Å². The van der Waals surface area contributed by atoms with Crippen LogP contribution >= 0.6 is 0 Å². The molecule has 0 amide bonds. The first-order chi connectivity index (χ1) is 13.9. The van der Waals surface area contributed by atoms with E-state index in [1.165, 1.54) is 0 Å². The first kappa shape index (κ1) is 22.5. The summed E-state index contributed by atoms with van der Waals surface area (Å²) >= 11 is 0. The van der Waals surface area contributed by atoms with Gasteiger partial charge in [-0.1, -0.05) is 51.9 Å². The van der Waals surface area contributed by atoms with Crippen molar-refractivity contribution in [2.75, 3.05) is 13.2 Å². The van der Waals surface area contributed by atoms with Crippen molar-refractivity contribution in [3.05, 3.63) is 35.0 Å². The third kappa shape index (κ3) is 4.30. The van der Waals surface area contributed by atoms with E-state index in [2.05, 4.69) is 44.1 Å². The van der Waals surface area contributed by atoms with Gasteiger partial charge in [0, 0.05) is 47.1 Å². The third-order valence-electron chi connectivity index (χ3n) is 6.42. The monoisotopic (exact) mass is 415 g/mol. The Labute approximate surface area is 178 Å². The Morgan fingerprint density at radius 1 is 1.03 bits per heavy atom. The van der Waals surface area contributed by atoms with Gasteiger partial charge < -0.3 is 18.5 Å². The van der Waals surface area contributed by atoms with Crippen molar-refractivity contribution in [1.29, 1.82) is 5.26 Å². The fraction of sp³-hybridized carbons (Fsp3) is 0.696. The highest BCUT2D eigenvalue weighted by Gasteiger charge is 2.46. The van der Waals surface area contributed by atoms with Gasteiger partial charge in [-0.2, -0.15) is 5.26 Å². The molecule has 2 aromatic rings. The molecule has 0 aliphatic carbocycles. The van der Waals surface area contributed by atoms with Crippen molar-refractivity contribution < 1.29 is 18.5 Å². The van der Waals surface area contributed by atoms with Gasteiger partial charge in [0.25, 0.3) is 0 Å². The number of aromatic nitrogens is 2. The quantitative estimate of drug-likeness (QED) is 0.616. The first-order valence-corrected chi connectivity index (χ1v) is 10.4. The SMILES string of the molecule is CC(C)(Cc1nocc1C(C)(C)CC#N)c1cc(CC(C)(C)C2(C)OCCO2)no1. The second-order valence-corrected chi connectivity index (χ2v) is 10.3. The fourth-order valence-corrected chi connectivity index (χ4v) is 3.97. The third-order valence-corrected chi connectivity index (χ3v) is 6.42. The second-order valence-electron chi connectivity index (χ2n) is 10.3. The number of nitrogens with zero attached hydrogens (tertiary/aromatic N) is 3. The average molecular weight is 416 g/mol. The topological polar surface area (TPSA) is 94.3 Å². The van der Waals surface area contributed by atoms with Gasteiger partial charge in [0.1, 0.15) is 12.0 Å². The molecule has 7 nitrogen and oxygen atoms in total. The van der Waals surface area contributed by atoms with Gasteiger partial charge in [0.05, 0.1) is 30.7 Å². The van der Waals surface area contributed by atoms with Crippen LogP contribution in [0.15, 0.2) is 21.4 Å². The minimum atomic E-state index is -0.635. The Hall–Kier alpha value is -2.17. The lowest BCUT2D eigenvalue weighted by Crippen LogP contribution is -2.44. The first-order valence-electron chi connectivity index (χ1n) is 10.4. The van der Waals surface area contributed by atoms with E-state index in [-0.39, 0.29) is 16.2 Å². The summed E-state index contributed by atoms with van der Waals surface area (Å²) in [7, 11) is 0. The van der Waals surface area contributed by atoms with E-state index in [1.807, 2.05) is 26.8 Å². The number of rotatable bonds is 8. The highest BCUT2D eigenvalue weighted by Crippen LogP contribution is 2.41. The van der Waals surface area contributed by atoms with Gasteiger partial charge in [-0.3, -0.25) is 0 Å². The highest BCUT2D eigenvalue weighted by atomic mass is 16.7. The van der Waals surface area contributed by atoms with Gasteiger partial charge in [-0.15, -0.1) is 0 Å². The van der Waals surface area contributed by atoms with Crippen molar-refractivity contribution in [3.8, 4) is 6.07 Å². The smallest absolute Gasteiger partial charge is 0.171 e. The summed E-state index contributed by atoms with van der Waals surface area (Å²) in [5.41, 5.74) is 1.75. The molecule has 3 heterocycles. The lowest BCUT2D eigenvalue weighted by atomic mass is 9.77. The van der Waals surface area contributed by atoms with E-state index < -0.39 is 5.79 Å². The minimum Gasteiger partial charge on any atom is -0.364 e. The zero-order valence-electron chi connectivity index (χ0n) is 19.2. The predicted molar refractivity (Wildman–Crippen MR) is 111 cm³/mol. The molecule has 0 aromatic carbocycles. The minimum absolute atomic E-state index is 0.262. The maximum Gasteiger partial charge on any atom is 0.171 e. The van der Waals surface area contributed by atoms with Gasteiger partial charge in [0.15, 0.2) is 5.79 Å². The second kappa shape index (κ2) is 7.82. The van der Waals surface area contributed by atoms with E-state index in [0.29, 0.717) is 32.5 Å². The molecular formula is C23H33N3O4. The van der Waals surface area contributed by atoms with Gasteiger partial charge in [-0.05, 0) is 6.92 Å². The van der Waals surface area contributed by atoms with Crippen LogP contribution in [0.5, 0.6) is 0 Å². The van der Waals surface area contributed by atoms with Gasteiger partial charge in [-0.25, -0.2) is 0 Å². The number of hydrogen-bond donors (Lipinski definition) is 0. The van der Waals surface area contributed by atoms with Crippen LogP contribution in [0.1, 0.15) is 77.6 Å². The van der Waals surface area contributed by atoms with Gasteiger partial charge >= 0.3 is 0 Å². The molecule has 1 fully saturated rings. The van der Waals surface area contributed by atoms with E-state index in [1.54, 1.807) is 6.26 Å². The largest absolute Gasteiger partial charge is 0.364 e. The van der Waals surface area contributed by atoms with E-state index >= 15 is 0 Å². The van der Waals surface area contributed by atoms with Crippen LogP contribution in [0.3, 0.4) is 0 Å². The van der Waals surface area contributed by atoms with Crippen LogP contribution in [-0.4, -0.2) is 29.3 Å². The summed E-state index contributed by atoms with van der Waals surface area (Å²) in [6.45, 7) is 15.7. The highest BCUT2D eigenvalue weighted by molar-refractivity contribution is 5.29. The average Bonchev–Trinajstić information content (AvgIpc) is 3.36. The Kier molecular flexibility index (Phi) is 5.87. The molecule has 0 bridgehead atoms. The van der Waals surface area contributed by atoms with Crippen LogP contribution < -0.4 is 0 Å². The molecule has 0 radical (unpaired) electrons. The number of hydrogen-bond acceptors (Lipinski definition) is 7. The molecule has 0 spiro atoms. The van der Waals surface area contributed by atoms with Crippen LogP contribution in [0, 0.1) is 16.7 Å². The van der Waals surface area contributed by atoms with E-state index in [4.69, 9.17) is 23.8 Å². The van der Waals surface area contributed by atoms with E-state index in [9.17, 15) is 0 Å². The van der Waals surface area contributed by atoms with Crippen LogP contribution in [0.2, 0.25) is 0 Å². The zero-order chi connectivity index (χ0) is 22.2. The maximum atomic E-state index is 9.15. The van der Waals surface area contributed by atoms with Crippen LogP contribution in [0.4, 0.5) is 0 Å². The lowest BCUT2D eigenvalue weighted by Gasteiger charge is -2.38. The number of ether oxygens (including phenoxy) is 2. The summed E-state index contributed by atoms with van der Waals surface area (Å²) in [6.07, 6.45) is 3.34. The summed E-state index contributed by atoms with van der Waals surface area (Å²) in [5.74, 6) is 0.155. The molecule has 7 heteroatoms. The van der Waals surface area contributed by atoms with Gasteiger partial charge in [0.2, 0.25) is 0 Å². The van der Waals surface area contributed by atoms with Crippen molar-refractivity contribution in [2.24, 2.45) is 5.41 Å². The summed E-state index contributed by atoms with van der Waals surface area (Å²) in [6, 6.07) is 4.26. The summed E-state index contributed by atoms with van der Waals surface area (Å²) < 4.78 is 22.7. The molecule has 0 unspecified atom stereocenters. The molecule has 0 atom stereocenters. The standard InChI is InChI=1S/C23H33N3O4/c1-20(2,8-9-24)17-15-29-26-18(17)14-21(3,4)19-12-16(25-30-19)13-22(5,6)23(7)27-10-11-28-23/h12,15H,8,10-11,13-14H2,1-7H3. The molecule has 3 rings (SSSR count). The fourth-order valence-electron chi connectivity index (χ4n) is 3.97. The predicted octanol–water partition coefficient (Wildman–Crippen LogP) is 4.71. The van der Waals surface area contributed by atoms with Crippen molar-refractivity contribution in [3.63, 3.8) is 0 Å². The molecule has 0 N–H and O–H groups in total. The normalized spacial score (nSPS) is 17.3. The van der Waals surface area contributed by atoms with Crippen molar-refractivity contribution in [2.45, 2.75) is 84.3 Å². The molecule has 0 saturated carbocycles. The molecule has 1 aliphatic heterocycles. The lowest BCUT2D eigenvalue weighted by molar-refractivity contribution is -0.214. The molecule has 1 saturated heterocycles. The summed E-state index contributed by atoms with van der Waals surface area (Å²) in [4.78, 5) is 0.